The van der Waals surface area contributed by atoms with Crippen LogP contribution in [0, 0.1) is 17.2 Å². The maximum atomic E-state index is 10.2. The van der Waals surface area contributed by atoms with Crippen LogP contribution >= 0.6 is 15.9 Å². The van der Waals surface area contributed by atoms with Gasteiger partial charge in [0.25, 0.3) is 0 Å². The maximum Gasteiger partial charge on any atom is 0.175 e. The second kappa shape index (κ2) is 8.26. The van der Waals surface area contributed by atoms with Gasteiger partial charge in [-0.1, -0.05) is 13.8 Å². The van der Waals surface area contributed by atoms with Gasteiger partial charge in [-0.2, -0.15) is 5.26 Å². The first kappa shape index (κ1) is 17.8. The van der Waals surface area contributed by atoms with Crippen molar-refractivity contribution < 1.29 is 14.6 Å². The first-order valence-electron chi connectivity index (χ1n) is 7.12. The lowest BCUT2D eigenvalue weighted by atomic mass is 9.88. The fourth-order valence-corrected chi connectivity index (χ4v) is 2.62. The topological polar surface area (TPSA) is 62.5 Å². The Bertz CT molecular complexity index is 511. The predicted molar refractivity (Wildman–Crippen MR) is 85.7 cm³/mol. The number of halogens is 1. The summed E-state index contributed by atoms with van der Waals surface area (Å²) in [6.45, 7) is 8.59. The molecule has 0 spiro atoms. The molecule has 0 fully saturated rings. The number of benzene rings is 1. The Kier molecular flexibility index (Phi) is 7.00. The van der Waals surface area contributed by atoms with Gasteiger partial charge in [-0.25, -0.2) is 0 Å². The summed E-state index contributed by atoms with van der Waals surface area (Å²) in [4.78, 5) is 0. The molecule has 0 aliphatic carbocycles. The van der Waals surface area contributed by atoms with Crippen LogP contribution in [0.3, 0.4) is 0 Å². The summed E-state index contributed by atoms with van der Waals surface area (Å²) in [5.74, 6) is 0.602. The zero-order chi connectivity index (χ0) is 16.0. The van der Waals surface area contributed by atoms with Crippen LogP contribution in [-0.4, -0.2) is 24.4 Å². The summed E-state index contributed by atoms with van der Waals surface area (Å²) in [5.41, 5.74) is 0.720. The number of aliphatic hydroxyl groups excluding tert-OH is 1. The average molecular weight is 356 g/mol. The highest BCUT2D eigenvalue weighted by Crippen LogP contribution is 2.39. The highest BCUT2D eigenvalue weighted by molar-refractivity contribution is 9.10. The Hall–Kier alpha value is -1.25. The molecule has 116 valence electrons. The summed E-state index contributed by atoms with van der Waals surface area (Å²) in [7, 11) is 0. The fraction of sp³-hybridized carbons (Fsp3) is 0.562. The molecule has 0 amide bonds. The number of hydrogen-bond donors (Lipinski definition) is 1. The van der Waals surface area contributed by atoms with Crippen molar-refractivity contribution in [2.45, 2.75) is 39.7 Å². The van der Waals surface area contributed by atoms with Gasteiger partial charge in [-0.3, -0.25) is 0 Å². The van der Waals surface area contributed by atoms with E-state index in [2.05, 4.69) is 22.0 Å². The van der Waals surface area contributed by atoms with E-state index < -0.39 is 12.0 Å². The van der Waals surface area contributed by atoms with Gasteiger partial charge < -0.3 is 14.6 Å². The molecule has 2 atom stereocenters. The molecule has 0 saturated heterocycles. The van der Waals surface area contributed by atoms with Crippen molar-refractivity contribution in [1.29, 1.82) is 5.26 Å². The predicted octanol–water partition coefficient (Wildman–Crippen LogP) is 3.87. The molecule has 21 heavy (non-hydrogen) atoms. The number of nitriles is 1. The minimum Gasteiger partial charge on any atom is -0.490 e. The zero-order valence-electron chi connectivity index (χ0n) is 12.9. The minimum atomic E-state index is -0.727. The van der Waals surface area contributed by atoms with E-state index in [-0.39, 0.29) is 5.92 Å². The first-order valence-corrected chi connectivity index (χ1v) is 7.92. The van der Waals surface area contributed by atoms with Gasteiger partial charge in [0, 0.05) is 0 Å². The Balaban J connectivity index is 3.28. The van der Waals surface area contributed by atoms with E-state index in [9.17, 15) is 10.4 Å². The molecule has 2 unspecified atom stereocenters. The summed E-state index contributed by atoms with van der Waals surface area (Å²) >= 11 is 3.46. The third-order valence-corrected chi connectivity index (χ3v) is 3.73. The van der Waals surface area contributed by atoms with E-state index in [0.717, 1.165) is 10.0 Å². The van der Waals surface area contributed by atoms with Gasteiger partial charge in [0.1, 0.15) is 0 Å². The summed E-state index contributed by atoms with van der Waals surface area (Å²) in [5, 5.41) is 19.6. The van der Waals surface area contributed by atoms with E-state index in [1.165, 1.54) is 0 Å². The van der Waals surface area contributed by atoms with Crippen LogP contribution in [0.25, 0.3) is 0 Å². The molecule has 0 aliphatic heterocycles. The lowest BCUT2D eigenvalue weighted by Gasteiger charge is -2.22. The van der Waals surface area contributed by atoms with Gasteiger partial charge in [-0.15, -0.1) is 0 Å². The standard InChI is InChI=1S/C16H22BrNO3/c1-5-20-14-8-11(7-13(17)16(14)21-6-2)12(9-18)15(19)10(3)4/h7-8,10,12,15,19H,5-6H2,1-4H3. The quantitative estimate of drug-likeness (QED) is 0.806. The van der Waals surface area contributed by atoms with E-state index in [1.807, 2.05) is 33.8 Å². The van der Waals surface area contributed by atoms with Crippen LogP contribution in [0.2, 0.25) is 0 Å². The molecular weight excluding hydrogens is 334 g/mol. The van der Waals surface area contributed by atoms with Gasteiger partial charge in [0.15, 0.2) is 11.5 Å². The van der Waals surface area contributed by atoms with Crippen LogP contribution in [-0.2, 0) is 0 Å². The van der Waals surface area contributed by atoms with Crippen LogP contribution in [0.4, 0.5) is 0 Å². The molecule has 0 radical (unpaired) electrons. The highest BCUT2D eigenvalue weighted by Gasteiger charge is 2.26. The molecule has 1 N–H and O–H groups in total. The SMILES string of the molecule is CCOc1cc(C(C#N)C(O)C(C)C)cc(Br)c1OCC. The molecular formula is C16H22BrNO3. The number of aliphatic hydroxyl groups is 1. The van der Waals surface area contributed by atoms with Crippen LogP contribution < -0.4 is 9.47 Å². The Labute approximate surface area is 134 Å². The number of hydrogen-bond acceptors (Lipinski definition) is 4. The zero-order valence-corrected chi connectivity index (χ0v) is 14.5. The molecule has 1 aromatic carbocycles. The third-order valence-electron chi connectivity index (χ3n) is 3.14. The van der Waals surface area contributed by atoms with E-state index >= 15 is 0 Å². The van der Waals surface area contributed by atoms with Crippen molar-refractivity contribution >= 4 is 15.9 Å². The summed E-state index contributed by atoms with van der Waals surface area (Å²) in [6.07, 6.45) is -0.727. The van der Waals surface area contributed by atoms with Crippen molar-refractivity contribution in [1.82, 2.24) is 0 Å². The van der Waals surface area contributed by atoms with Crippen LogP contribution in [0.15, 0.2) is 16.6 Å². The number of nitrogens with zero attached hydrogens (tertiary/aromatic N) is 1. The van der Waals surface area contributed by atoms with Crippen molar-refractivity contribution in [3.05, 3.63) is 22.2 Å². The Morgan fingerprint density at radius 3 is 2.33 bits per heavy atom. The normalized spacial score (nSPS) is 13.6. The van der Waals surface area contributed by atoms with Gasteiger partial charge in [-0.05, 0) is 53.4 Å². The minimum absolute atomic E-state index is 0.00413. The molecule has 0 saturated carbocycles. The molecule has 4 nitrogen and oxygen atoms in total. The average Bonchev–Trinajstić information content (AvgIpc) is 2.43. The van der Waals surface area contributed by atoms with Crippen LogP contribution in [0.1, 0.15) is 39.2 Å². The van der Waals surface area contributed by atoms with Crippen molar-refractivity contribution in [3.63, 3.8) is 0 Å². The molecule has 0 aromatic heterocycles. The van der Waals surface area contributed by atoms with Gasteiger partial charge >= 0.3 is 0 Å². The van der Waals surface area contributed by atoms with Crippen molar-refractivity contribution in [2.75, 3.05) is 13.2 Å². The number of rotatable bonds is 7. The molecule has 1 rings (SSSR count). The van der Waals surface area contributed by atoms with Gasteiger partial charge in [0.2, 0.25) is 0 Å². The fourth-order valence-electron chi connectivity index (χ4n) is 2.05. The molecule has 0 bridgehead atoms. The molecule has 0 heterocycles. The van der Waals surface area contributed by atoms with E-state index in [4.69, 9.17) is 9.47 Å². The summed E-state index contributed by atoms with van der Waals surface area (Å²) < 4.78 is 11.9. The second-order valence-corrected chi connectivity index (χ2v) is 5.89. The molecule has 1 aromatic rings. The van der Waals surface area contributed by atoms with Gasteiger partial charge in [0.05, 0.1) is 35.8 Å². The largest absolute Gasteiger partial charge is 0.490 e. The highest BCUT2D eigenvalue weighted by atomic mass is 79.9. The summed E-state index contributed by atoms with van der Waals surface area (Å²) in [6, 6.07) is 5.77. The monoisotopic (exact) mass is 355 g/mol. The lowest BCUT2D eigenvalue weighted by Crippen LogP contribution is -2.23. The van der Waals surface area contributed by atoms with E-state index in [1.54, 1.807) is 6.07 Å². The van der Waals surface area contributed by atoms with Crippen LogP contribution in [0.5, 0.6) is 11.5 Å². The third kappa shape index (κ3) is 4.36. The van der Waals surface area contributed by atoms with Crippen molar-refractivity contribution in [2.24, 2.45) is 5.92 Å². The maximum absolute atomic E-state index is 10.2. The van der Waals surface area contributed by atoms with E-state index in [0.29, 0.717) is 24.7 Å². The lowest BCUT2D eigenvalue weighted by molar-refractivity contribution is 0.113. The van der Waals surface area contributed by atoms with Crippen molar-refractivity contribution in [3.8, 4) is 17.6 Å². The number of ether oxygens (including phenoxy) is 2. The Morgan fingerprint density at radius 1 is 1.24 bits per heavy atom. The molecule has 5 heteroatoms. The molecule has 0 aliphatic rings. The smallest absolute Gasteiger partial charge is 0.175 e. The second-order valence-electron chi connectivity index (χ2n) is 5.04. The first-order chi connectivity index (χ1) is 9.96. The Morgan fingerprint density at radius 2 is 1.86 bits per heavy atom.